The molecule has 0 aliphatic carbocycles. The molecule has 0 saturated heterocycles. The lowest BCUT2D eigenvalue weighted by molar-refractivity contribution is 0.419. The number of anilines is 2. The third-order valence-electron chi connectivity index (χ3n) is 4.07. The molecular formula is C18H18N6O. The highest BCUT2D eigenvalue weighted by Gasteiger charge is 2.12. The summed E-state index contributed by atoms with van der Waals surface area (Å²) >= 11 is 0. The van der Waals surface area contributed by atoms with Gasteiger partial charge in [-0.1, -0.05) is 18.2 Å². The minimum atomic E-state index is 0.684. The lowest BCUT2D eigenvalue weighted by Crippen LogP contribution is -1.99. The van der Waals surface area contributed by atoms with Gasteiger partial charge in [0.25, 0.3) is 0 Å². The van der Waals surface area contributed by atoms with Crippen molar-refractivity contribution in [3.63, 3.8) is 0 Å². The van der Waals surface area contributed by atoms with E-state index in [-0.39, 0.29) is 0 Å². The van der Waals surface area contributed by atoms with Crippen LogP contribution in [0.5, 0.6) is 5.75 Å². The van der Waals surface area contributed by atoms with E-state index in [1.807, 2.05) is 61.2 Å². The Labute approximate surface area is 144 Å². The first kappa shape index (κ1) is 15.2. The van der Waals surface area contributed by atoms with Crippen molar-refractivity contribution in [1.82, 2.24) is 24.5 Å². The van der Waals surface area contributed by atoms with E-state index in [0.717, 1.165) is 33.9 Å². The lowest BCUT2D eigenvalue weighted by Gasteiger charge is -2.08. The molecule has 7 heteroatoms. The molecule has 4 rings (SSSR count). The van der Waals surface area contributed by atoms with Crippen molar-refractivity contribution < 1.29 is 4.74 Å². The number of aryl methyl sites for hydroxylation is 2. The minimum Gasteiger partial charge on any atom is -0.496 e. The Balaban J connectivity index is 1.72. The van der Waals surface area contributed by atoms with Crippen LogP contribution in [0.15, 0.2) is 48.8 Å². The second-order valence-corrected chi connectivity index (χ2v) is 5.75. The van der Waals surface area contributed by atoms with Crippen molar-refractivity contribution in [1.29, 1.82) is 0 Å². The number of rotatable bonds is 4. The molecule has 4 aromatic rings. The average molecular weight is 334 g/mol. The molecule has 0 aliphatic rings. The Bertz CT molecular complexity index is 1030. The number of hydrogen-bond acceptors (Lipinski definition) is 5. The molecule has 25 heavy (non-hydrogen) atoms. The van der Waals surface area contributed by atoms with Crippen molar-refractivity contribution in [2.45, 2.75) is 6.92 Å². The van der Waals surface area contributed by atoms with Crippen LogP contribution in [0.3, 0.4) is 0 Å². The summed E-state index contributed by atoms with van der Waals surface area (Å²) in [4.78, 5) is 4.63. The predicted molar refractivity (Wildman–Crippen MR) is 96.6 cm³/mol. The number of nitrogens with one attached hydrogen (secondary N) is 1. The van der Waals surface area contributed by atoms with Crippen LogP contribution in [-0.2, 0) is 7.05 Å². The highest BCUT2D eigenvalue weighted by molar-refractivity contribution is 5.84. The molecule has 0 fully saturated rings. The summed E-state index contributed by atoms with van der Waals surface area (Å²) in [5, 5.41) is 13.0. The van der Waals surface area contributed by atoms with Crippen molar-refractivity contribution >= 4 is 22.5 Å². The molecule has 0 saturated carbocycles. The van der Waals surface area contributed by atoms with Gasteiger partial charge in [0.1, 0.15) is 11.6 Å². The molecule has 1 aromatic carbocycles. The smallest absolute Gasteiger partial charge is 0.163 e. The molecular weight excluding hydrogens is 316 g/mol. The maximum Gasteiger partial charge on any atom is 0.163 e. The van der Waals surface area contributed by atoms with Crippen molar-refractivity contribution in [2.24, 2.45) is 7.05 Å². The summed E-state index contributed by atoms with van der Waals surface area (Å²) in [7, 11) is 3.50. The van der Waals surface area contributed by atoms with Crippen LogP contribution < -0.4 is 10.1 Å². The molecule has 3 heterocycles. The second kappa shape index (κ2) is 5.94. The molecule has 1 N–H and O–H groups in total. The number of aromatic nitrogens is 5. The number of ether oxygens (including phenoxy) is 1. The summed E-state index contributed by atoms with van der Waals surface area (Å²) in [5.41, 5.74) is 3.54. The normalized spacial score (nSPS) is 11.0. The van der Waals surface area contributed by atoms with Gasteiger partial charge >= 0.3 is 0 Å². The molecule has 7 nitrogen and oxygen atoms in total. The summed E-state index contributed by atoms with van der Waals surface area (Å²) in [6, 6.07) is 11.9. The standard InChI is InChI=1S/C18H18N6O/c1-12-15(11-24(22-12)13-7-5-4-6-8-13)20-17-9-16(25-3)14-10-19-23(2)18(14)21-17/h4-11H,1-3H3,(H,20,21). The third-order valence-corrected chi connectivity index (χ3v) is 4.07. The largest absolute Gasteiger partial charge is 0.496 e. The molecule has 0 amide bonds. The fourth-order valence-corrected chi connectivity index (χ4v) is 2.75. The van der Waals surface area contributed by atoms with Gasteiger partial charge in [0.15, 0.2) is 5.65 Å². The van der Waals surface area contributed by atoms with Gasteiger partial charge in [-0.25, -0.2) is 9.67 Å². The fourth-order valence-electron chi connectivity index (χ4n) is 2.75. The molecule has 0 atom stereocenters. The Morgan fingerprint density at radius 1 is 1.16 bits per heavy atom. The summed E-state index contributed by atoms with van der Waals surface area (Å²) < 4.78 is 9.04. The molecule has 0 unspecified atom stereocenters. The first-order valence-electron chi connectivity index (χ1n) is 7.91. The van der Waals surface area contributed by atoms with E-state index < -0.39 is 0 Å². The Hall–Kier alpha value is -3.35. The number of methoxy groups -OCH3 is 1. The van der Waals surface area contributed by atoms with Gasteiger partial charge in [0.05, 0.1) is 42.0 Å². The maximum absolute atomic E-state index is 5.47. The van der Waals surface area contributed by atoms with Crippen LogP contribution in [0.4, 0.5) is 11.5 Å². The van der Waals surface area contributed by atoms with E-state index in [9.17, 15) is 0 Å². The van der Waals surface area contributed by atoms with Gasteiger partial charge in [-0.15, -0.1) is 0 Å². The van der Waals surface area contributed by atoms with Gasteiger partial charge < -0.3 is 10.1 Å². The van der Waals surface area contributed by atoms with Crippen LogP contribution in [0, 0.1) is 6.92 Å². The van der Waals surface area contributed by atoms with Crippen molar-refractivity contribution in [3.8, 4) is 11.4 Å². The number of para-hydroxylation sites is 1. The minimum absolute atomic E-state index is 0.684. The topological polar surface area (TPSA) is 69.8 Å². The van der Waals surface area contributed by atoms with Crippen LogP contribution in [0.25, 0.3) is 16.7 Å². The van der Waals surface area contributed by atoms with Crippen molar-refractivity contribution in [3.05, 3.63) is 54.5 Å². The molecule has 126 valence electrons. The summed E-state index contributed by atoms with van der Waals surface area (Å²) in [6.07, 6.45) is 3.70. The zero-order valence-corrected chi connectivity index (χ0v) is 14.3. The molecule has 0 aliphatic heterocycles. The molecule has 0 radical (unpaired) electrons. The van der Waals surface area contributed by atoms with Gasteiger partial charge in [0.2, 0.25) is 0 Å². The highest BCUT2D eigenvalue weighted by Crippen LogP contribution is 2.29. The van der Waals surface area contributed by atoms with E-state index >= 15 is 0 Å². The van der Waals surface area contributed by atoms with Gasteiger partial charge in [-0.2, -0.15) is 10.2 Å². The summed E-state index contributed by atoms with van der Waals surface area (Å²) in [5.74, 6) is 1.41. The first-order valence-corrected chi connectivity index (χ1v) is 7.91. The maximum atomic E-state index is 5.47. The summed E-state index contributed by atoms with van der Waals surface area (Å²) in [6.45, 7) is 1.96. The number of fused-ring (bicyclic) bond motifs is 1. The monoisotopic (exact) mass is 334 g/mol. The lowest BCUT2D eigenvalue weighted by atomic mass is 10.3. The van der Waals surface area contributed by atoms with Crippen molar-refractivity contribution in [2.75, 3.05) is 12.4 Å². The van der Waals surface area contributed by atoms with Gasteiger partial charge in [-0.3, -0.25) is 4.68 Å². The highest BCUT2D eigenvalue weighted by atomic mass is 16.5. The number of pyridine rings is 1. The van der Waals surface area contributed by atoms with Crippen LogP contribution >= 0.6 is 0 Å². The fraction of sp³-hybridized carbons (Fsp3) is 0.167. The second-order valence-electron chi connectivity index (χ2n) is 5.75. The number of nitrogens with zero attached hydrogens (tertiary/aromatic N) is 5. The van der Waals surface area contributed by atoms with E-state index in [4.69, 9.17) is 4.74 Å². The van der Waals surface area contributed by atoms with Crippen LogP contribution in [0.1, 0.15) is 5.69 Å². The quantitative estimate of drug-likeness (QED) is 0.620. The van der Waals surface area contributed by atoms with E-state index in [2.05, 4.69) is 20.5 Å². The zero-order valence-electron chi connectivity index (χ0n) is 14.3. The zero-order chi connectivity index (χ0) is 17.4. The van der Waals surface area contributed by atoms with Gasteiger partial charge in [-0.05, 0) is 19.1 Å². The van der Waals surface area contributed by atoms with Gasteiger partial charge in [0, 0.05) is 13.1 Å². The Morgan fingerprint density at radius 3 is 2.72 bits per heavy atom. The van der Waals surface area contributed by atoms with Crippen LogP contribution in [-0.4, -0.2) is 31.7 Å². The number of hydrogen-bond donors (Lipinski definition) is 1. The van der Waals surface area contributed by atoms with Crippen LogP contribution in [0.2, 0.25) is 0 Å². The third kappa shape index (κ3) is 2.69. The molecule has 0 spiro atoms. The molecule has 0 bridgehead atoms. The Morgan fingerprint density at radius 2 is 1.96 bits per heavy atom. The van der Waals surface area contributed by atoms with E-state index in [0.29, 0.717) is 5.82 Å². The van der Waals surface area contributed by atoms with E-state index in [1.165, 1.54) is 0 Å². The SMILES string of the molecule is COc1cc(Nc2cn(-c3ccccc3)nc2C)nc2c1cnn2C. The molecule has 3 aromatic heterocycles. The number of benzene rings is 1. The van der Waals surface area contributed by atoms with E-state index in [1.54, 1.807) is 18.0 Å². The Kier molecular flexibility index (Phi) is 3.61. The average Bonchev–Trinajstić information content (AvgIpc) is 3.19. The predicted octanol–water partition coefficient (Wildman–Crippen LogP) is 3.21. The first-order chi connectivity index (χ1) is 12.2.